The fourth-order valence-corrected chi connectivity index (χ4v) is 3.58. The van der Waals surface area contributed by atoms with Gasteiger partial charge in [0.05, 0.1) is 11.3 Å². The lowest BCUT2D eigenvalue weighted by Gasteiger charge is -2.10. The van der Waals surface area contributed by atoms with Gasteiger partial charge >= 0.3 is 0 Å². The minimum absolute atomic E-state index is 0.196. The summed E-state index contributed by atoms with van der Waals surface area (Å²) in [5, 5.41) is 13.2. The highest BCUT2D eigenvalue weighted by Gasteiger charge is 2.19. The van der Waals surface area contributed by atoms with Gasteiger partial charge < -0.3 is 4.52 Å². The van der Waals surface area contributed by atoms with Gasteiger partial charge in [-0.25, -0.2) is 4.39 Å². The van der Waals surface area contributed by atoms with E-state index >= 15 is 0 Å². The van der Waals surface area contributed by atoms with Crippen LogP contribution in [0.15, 0.2) is 58.2 Å². The molecule has 0 aliphatic carbocycles. The van der Waals surface area contributed by atoms with Gasteiger partial charge in [0.15, 0.2) is 16.8 Å². The normalized spacial score (nSPS) is 11.3. The molecule has 0 saturated heterocycles. The molecule has 0 radical (unpaired) electrons. The minimum atomic E-state index is -0.344. The predicted octanol–water partition coefficient (Wildman–Crippen LogP) is 5.18. The summed E-state index contributed by atoms with van der Waals surface area (Å²) >= 11 is 1.42. The van der Waals surface area contributed by atoms with Crippen molar-refractivity contribution in [1.29, 1.82) is 0 Å². The summed E-state index contributed by atoms with van der Waals surface area (Å²) < 4.78 is 21.6. The van der Waals surface area contributed by atoms with Crippen LogP contribution in [0.5, 0.6) is 0 Å². The van der Waals surface area contributed by atoms with Gasteiger partial charge in [-0.15, -0.1) is 10.2 Å². The van der Waals surface area contributed by atoms with Crippen molar-refractivity contribution in [1.82, 2.24) is 24.9 Å². The number of thioether (sulfide) groups is 1. The van der Waals surface area contributed by atoms with Gasteiger partial charge in [-0.1, -0.05) is 60.6 Å². The van der Waals surface area contributed by atoms with Crippen LogP contribution < -0.4 is 0 Å². The standard InChI is InChI=1S/C21H20FN5OS/c1-13(2)19-23-18(28-26-19)12-29-21-25-24-20(16-6-4-5-7-17(16)22)27(21)15-10-8-14(3)9-11-15/h4-11,13H,12H2,1-3H3. The summed E-state index contributed by atoms with van der Waals surface area (Å²) in [5.41, 5.74) is 2.39. The van der Waals surface area contributed by atoms with Gasteiger partial charge in [0.1, 0.15) is 5.82 Å². The second-order valence-corrected chi connectivity index (χ2v) is 7.89. The molecule has 0 atom stereocenters. The molecule has 2 aromatic carbocycles. The lowest BCUT2D eigenvalue weighted by atomic mass is 10.2. The van der Waals surface area contributed by atoms with Crippen LogP contribution in [0.25, 0.3) is 17.1 Å². The zero-order valence-electron chi connectivity index (χ0n) is 16.3. The fourth-order valence-electron chi connectivity index (χ4n) is 2.79. The topological polar surface area (TPSA) is 69.6 Å². The molecule has 0 fully saturated rings. The predicted molar refractivity (Wildman–Crippen MR) is 109 cm³/mol. The summed E-state index contributed by atoms with van der Waals surface area (Å²) in [7, 11) is 0. The van der Waals surface area contributed by atoms with Crippen molar-refractivity contribution in [3.05, 3.63) is 71.6 Å². The van der Waals surface area contributed by atoms with E-state index in [1.165, 1.54) is 17.8 Å². The van der Waals surface area contributed by atoms with Crippen LogP contribution in [0, 0.1) is 12.7 Å². The maximum absolute atomic E-state index is 14.5. The number of hydrogen-bond acceptors (Lipinski definition) is 6. The maximum atomic E-state index is 14.5. The molecule has 148 valence electrons. The molecule has 0 aliphatic heterocycles. The van der Waals surface area contributed by atoms with Gasteiger partial charge in [0.2, 0.25) is 5.89 Å². The van der Waals surface area contributed by atoms with E-state index in [0.717, 1.165) is 11.3 Å². The smallest absolute Gasteiger partial charge is 0.237 e. The molecule has 6 nitrogen and oxygen atoms in total. The SMILES string of the molecule is Cc1ccc(-n2c(SCc3nc(C(C)C)no3)nnc2-c2ccccc2F)cc1. The van der Waals surface area contributed by atoms with Crippen molar-refractivity contribution in [3.63, 3.8) is 0 Å². The molecule has 4 rings (SSSR count). The van der Waals surface area contributed by atoms with Crippen molar-refractivity contribution in [2.45, 2.75) is 37.6 Å². The molecule has 0 aliphatic rings. The third-order valence-corrected chi connectivity index (χ3v) is 5.28. The molecule has 2 aromatic heterocycles. The number of aromatic nitrogens is 5. The highest BCUT2D eigenvalue weighted by Crippen LogP contribution is 2.31. The van der Waals surface area contributed by atoms with Crippen LogP contribution in [0.4, 0.5) is 4.39 Å². The highest BCUT2D eigenvalue weighted by molar-refractivity contribution is 7.98. The van der Waals surface area contributed by atoms with E-state index < -0.39 is 0 Å². The third-order valence-electron chi connectivity index (χ3n) is 4.37. The number of hydrogen-bond donors (Lipinski definition) is 0. The van der Waals surface area contributed by atoms with Crippen LogP contribution in [0.1, 0.15) is 37.0 Å². The molecule has 2 heterocycles. The fraction of sp³-hybridized carbons (Fsp3) is 0.238. The first-order chi connectivity index (χ1) is 14.0. The van der Waals surface area contributed by atoms with E-state index in [9.17, 15) is 4.39 Å². The lowest BCUT2D eigenvalue weighted by molar-refractivity contribution is 0.382. The van der Waals surface area contributed by atoms with Crippen molar-refractivity contribution < 1.29 is 8.91 Å². The summed E-state index contributed by atoms with van der Waals surface area (Å²) in [5.74, 6) is 1.94. The zero-order chi connectivity index (χ0) is 20.4. The molecule has 29 heavy (non-hydrogen) atoms. The Morgan fingerprint density at radius 2 is 1.83 bits per heavy atom. The average Bonchev–Trinajstić information content (AvgIpc) is 3.34. The lowest BCUT2D eigenvalue weighted by Crippen LogP contribution is -2.01. The van der Waals surface area contributed by atoms with E-state index in [0.29, 0.717) is 34.0 Å². The quantitative estimate of drug-likeness (QED) is 0.409. The molecule has 0 spiro atoms. The number of benzene rings is 2. The van der Waals surface area contributed by atoms with E-state index in [4.69, 9.17) is 4.52 Å². The molecule has 0 saturated carbocycles. The average molecular weight is 409 g/mol. The van der Waals surface area contributed by atoms with Crippen molar-refractivity contribution in [2.24, 2.45) is 0 Å². The van der Waals surface area contributed by atoms with Gasteiger partial charge in [-0.2, -0.15) is 4.98 Å². The Kier molecular flexibility index (Phi) is 5.44. The van der Waals surface area contributed by atoms with Crippen LogP contribution in [-0.4, -0.2) is 24.9 Å². The highest BCUT2D eigenvalue weighted by atomic mass is 32.2. The van der Waals surface area contributed by atoms with Gasteiger partial charge in [-0.3, -0.25) is 4.57 Å². The summed E-state index contributed by atoms with van der Waals surface area (Å²) in [6, 6.07) is 14.5. The first-order valence-electron chi connectivity index (χ1n) is 9.25. The van der Waals surface area contributed by atoms with Gasteiger partial charge in [0.25, 0.3) is 0 Å². The van der Waals surface area contributed by atoms with Crippen LogP contribution in [0.2, 0.25) is 0 Å². The molecular weight excluding hydrogens is 389 g/mol. The largest absolute Gasteiger partial charge is 0.338 e. The van der Waals surface area contributed by atoms with Gasteiger partial charge in [0, 0.05) is 11.6 Å². The summed E-state index contributed by atoms with van der Waals surface area (Å²) in [6.45, 7) is 6.04. The Labute approximate surface area is 172 Å². The molecule has 0 bridgehead atoms. The van der Waals surface area contributed by atoms with E-state index in [-0.39, 0.29) is 11.7 Å². The number of rotatable bonds is 6. The molecule has 8 heteroatoms. The molecule has 4 aromatic rings. The van der Waals surface area contributed by atoms with Crippen molar-refractivity contribution >= 4 is 11.8 Å². The molecule has 0 amide bonds. The Morgan fingerprint density at radius 3 is 2.52 bits per heavy atom. The zero-order valence-corrected chi connectivity index (χ0v) is 17.2. The van der Waals surface area contributed by atoms with E-state index in [2.05, 4.69) is 20.3 Å². The summed E-state index contributed by atoms with van der Waals surface area (Å²) in [4.78, 5) is 4.40. The maximum Gasteiger partial charge on any atom is 0.237 e. The first kappa shape index (κ1) is 19.3. The summed E-state index contributed by atoms with van der Waals surface area (Å²) in [6.07, 6.45) is 0. The first-order valence-corrected chi connectivity index (χ1v) is 10.2. The van der Waals surface area contributed by atoms with Crippen LogP contribution in [0.3, 0.4) is 0 Å². The van der Waals surface area contributed by atoms with E-state index in [1.807, 2.05) is 49.6 Å². The van der Waals surface area contributed by atoms with Gasteiger partial charge in [-0.05, 0) is 31.2 Å². The molecule has 0 N–H and O–H groups in total. The number of aryl methyl sites for hydroxylation is 1. The second kappa shape index (κ2) is 8.16. The monoisotopic (exact) mass is 409 g/mol. The van der Waals surface area contributed by atoms with Crippen molar-refractivity contribution in [3.8, 4) is 17.1 Å². The Bertz CT molecular complexity index is 1120. The minimum Gasteiger partial charge on any atom is -0.338 e. The second-order valence-electron chi connectivity index (χ2n) is 6.95. The molecular formula is C21H20FN5OS. The molecule has 0 unspecified atom stereocenters. The number of nitrogens with zero attached hydrogens (tertiary/aromatic N) is 5. The Morgan fingerprint density at radius 1 is 1.07 bits per heavy atom. The van der Waals surface area contributed by atoms with Crippen LogP contribution >= 0.6 is 11.8 Å². The third kappa shape index (κ3) is 4.07. The Hall–Kier alpha value is -3.00. The Balaban J connectivity index is 1.71. The van der Waals surface area contributed by atoms with Crippen LogP contribution in [-0.2, 0) is 5.75 Å². The van der Waals surface area contributed by atoms with Crippen molar-refractivity contribution in [2.75, 3.05) is 0 Å². The number of halogens is 1. The van der Waals surface area contributed by atoms with E-state index in [1.54, 1.807) is 18.2 Å².